The molecule has 0 aliphatic carbocycles. The molecule has 0 saturated carbocycles. The standard InChI is InChI=1S/C20H26N2O4/c1-13(2)7-9-20(19(25)26)12-22(10-8-17(20)23)18(24)15-11-21-16-6-4-3-5-14(15)16/h3-6,11,13,17,21,23H,7-10,12H2,1-2H3,(H,25,26)/t17-,20+/m0/s1. The van der Waals surface area contributed by atoms with Crippen LogP contribution in [0.15, 0.2) is 30.5 Å². The van der Waals surface area contributed by atoms with Crippen molar-refractivity contribution in [2.24, 2.45) is 11.3 Å². The Balaban J connectivity index is 1.88. The molecule has 1 fully saturated rings. The third kappa shape index (κ3) is 3.21. The summed E-state index contributed by atoms with van der Waals surface area (Å²) in [7, 11) is 0. The van der Waals surface area contributed by atoms with Crippen LogP contribution in [0.4, 0.5) is 0 Å². The van der Waals surface area contributed by atoms with E-state index in [0.29, 0.717) is 30.9 Å². The zero-order chi connectivity index (χ0) is 18.9. The third-order valence-electron chi connectivity index (χ3n) is 5.48. The zero-order valence-electron chi connectivity index (χ0n) is 15.2. The second-order valence-corrected chi connectivity index (χ2v) is 7.67. The quantitative estimate of drug-likeness (QED) is 0.766. The molecule has 2 atom stereocenters. The molecule has 1 aromatic carbocycles. The number of aliphatic hydroxyl groups is 1. The van der Waals surface area contributed by atoms with Crippen molar-refractivity contribution in [3.63, 3.8) is 0 Å². The van der Waals surface area contributed by atoms with E-state index in [1.54, 1.807) is 11.1 Å². The van der Waals surface area contributed by atoms with Crippen LogP contribution in [0.3, 0.4) is 0 Å². The van der Waals surface area contributed by atoms with E-state index in [2.05, 4.69) is 4.98 Å². The van der Waals surface area contributed by atoms with Gasteiger partial charge in [0.15, 0.2) is 0 Å². The largest absolute Gasteiger partial charge is 0.481 e. The van der Waals surface area contributed by atoms with Gasteiger partial charge < -0.3 is 20.1 Å². The number of aromatic amines is 1. The Kier molecular flexibility index (Phi) is 5.05. The maximum Gasteiger partial charge on any atom is 0.314 e. The molecular weight excluding hydrogens is 332 g/mol. The molecule has 2 heterocycles. The van der Waals surface area contributed by atoms with E-state index in [1.807, 2.05) is 38.1 Å². The summed E-state index contributed by atoms with van der Waals surface area (Å²) in [6.45, 7) is 4.45. The Morgan fingerprint density at radius 2 is 2.08 bits per heavy atom. The van der Waals surface area contributed by atoms with Crippen LogP contribution >= 0.6 is 0 Å². The van der Waals surface area contributed by atoms with E-state index in [9.17, 15) is 19.8 Å². The lowest BCUT2D eigenvalue weighted by molar-refractivity contribution is -0.163. The summed E-state index contributed by atoms with van der Waals surface area (Å²) in [5.41, 5.74) is 0.113. The molecule has 1 aliphatic rings. The molecule has 0 spiro atoms. The number of aliphatic hydroxyl groups excluding tert-OH is 1. The summed E-state index contributed by atoms with van der Waals surface area (Å²) in [6.07, 6.45) is 2.07. The Labute approximate surface area is 152 Å². The topological polar surface area (TPSA) is 93.6 Å². The third-order valence-corrected chi connectivity index (χ3v) is 5.48. The molecule has 0 radical (unpaired) electrons. The SMILES string of the molecule is CC(C)CC[C@@]1(C(=O)O)CN(C(=O)c2c[nH]c3ccccc23)CC[C@@H]1O. The number of likely N-dealkylation sites (tertiary alicyclic amines) is 1. The van der Waals surface area contributed by atoms with Gasteiger partial charge >= 0.3 is 5.97 Å². The summed E-state index contributed by atoms with van der Waals surface area (Å²) in [5, 5.41) is 21.2. The Morgan fingerprint density at radius 1 is 1.35 bits per heavy atom. The van der Waals surface area contributed by atoms with Crippen molar-refractivity contribution in [2.75, 3.05) is 13.1 Å². The van der Waals surface area contributed by atoms with Crippen molar-refractivity contribution in [1.29, 1.82) is 0 Å². The number of nitrogens with zero attached hydrogens (tertiary/aromatic N) is 1. The fourth-order valence-corrected chi connectivity index (χ4v) is 3.78. The highest BCUT2D eigenvalue weighted by molar-refractivity contribution is 6.06. The molecule has 1 aliphatic heterocycles. The number of benzene rings is 1. The minimum Gasteiger partial charge on any atom is -0.481 e. The van der Waals surface area contributed by atoms with E-state index in [-0.39, 0.29) is 18.9 Å². The lowest BCUT2D eigenvalue weighted by atomic mass is 9.72. The van der Waals surface area contributed by atoms with Gasteiger partial charge in [0.05, 0.1) is 11.7 Å². The van der Waals surface area contributed by atoms with Gasteiger partial charge in [0.1, 0.15) is 5.41 Å². The number of piperidine rings is 1. The van der Waals surface area contributed by atoms with E-state index < -0.39 is 17.5 Å². The van der Waals surface area contributed by atoms with Gasteiger partial charge in [-0.15, -0.1) is 0 Å². The molecule has 140 valence electrons. The number of amides is 1. The zero-order valence-corrected chi connectivity index (χ0v) is 15.2. The maximum atomic E-state index is 13.1. The number of hydrogen-bond donors (Lipinski definition) is 3. The molecule has 26 heavy (non-hydrogen) atoms. The number of para-hydroxylation sites is 1. The summed E-state index contributed by atoms with van der Waals surface area (Å²) >= 11 is 0. The fraction of sp³-hybridized carbons (Fsp3) is 0.500. The highest BCUT2D eigenvalue weighted by Gasteiger charge is 2.50. The van der Waals surface area contributed by atoms with Crippen LogP contribution in [0.25, 0.3) is 10.9 Å². The van der Waals surface area contributed by atoms with Gasteiger partial charge in [-0.3, -0.25) is 9.59 Å². The van der Waals surface area contributed by atoms with Crippen molar-refractivity contribution in [3.8, 4) is 0 Å². The number of carbonyl (C=O) groups is 2. The summed E-state index contributed by atoms with van der Waals surface area (Å²) in [5.74, 6) is -0.885. The molecule has 1 amide bonds. The Morgan fingerprint density at radius 3 is 2.77 bits per heavy atom. The highest BCUT2D eigenvalue weighted by Crippen LogP contribution is 2.37. The minimum absolute atomic E-state index is 0.0363. The number of nitrogens with one attached hydrogen (secondary N) is 1. The van der Waals surface area contributed by atoms with Crippen molar-refractivity contribution in [2.45, 2.75) is 39.2 Å². The number of aromatic nitrogens is 1. The number of aliphatic carboxylic acids is 1. The van der Waals surface area contributed by atoms with E-state index in [0.717, 1.165) is 10.9 Å². The monoisotopic (exact) mass is 358 g/mol. The van der Waals surface area contributed by atoms with Crippen LogP contribution in [-0.4, -0.2) is 51.2 Å². The first-order chi connectivity index (χ1) is 12.3. The average Bonchev–Trinajstić information content (AvgIpc) is 3.04. The second-order valence-electron chi connectivity index (χ2n) is 7.67. The molecule has 0 bridgehead atoms. The first kappa shape index (κ1) is 18.5. The van der Waals surface area contributed by atoms with Crippen molar-refractivity contribution in [3.05, 3.63) is 36.0 Å². The van der Waals surface area contributed by atoms with Crippen molar-refractivity contribution < 1.29 is 19.8 Å². The van der Waals surface area contributed by atoms with Gasteiger partial charge in [0.25, 0.3) is 5.91 Å². The second kappa shape index (κ2) is 7.11. The summed E-state index contributed by atoms with van der Waals surface area (Å²) < 4.78 is 0. The van der Waals surface area contributed by atoms with E-state index in [1.165, 1.54) is 0 Å². The van der Waals surface area contributed by atoms with Gasteiger partial charge in [-0.25, -0.2) is 0 Å². The Hall–Kier alpha value is -2.34. The molecule has 1 saturated heterocycles. The molecule has 3 rings (SSSR count). The fourth-order valence-electron chi connectivity index (χ4n) is 3.78. The molecule has 0 unspecified atom stereocenters. The first-order valence-electron chi connectivity index (χ1n) is 9.12. The lowest BCUT2D eigenvalue weighted by Crippen LogP contribution is -2.57. The minimum atomic E-state index is -1.30. The normalized spacial score (nSPS) is 23.5. The lowest BCUT2D eigenvalue weighted by Gasteiger charge is -2.43. The number of carbonyl (C=O) groups excluding carboxylic acids is 1. The van der Waals surface area contributed by atoms with Crippen LogP contribution in [0, 0.1) is 11.3 Å². The van der Waals surface area contributed by atoms with Gasteiger partial charge in [-0.1, -0.05) is 32.0 Å². The predicted molar refractivity (Wildman–Crippen MR) is 99.0 cm³/mol. The molecule has 2 aromatic rings. The van der Waals surface area contributed by atoms with Gasteiger partial charge in [0, 0.05) is 30.2 Å². The number of H-pyrrole nitrogens is 1. The highest BCUT2D eigenvalue weighted by atomic mass is 16.4. The van der Waals surface area contributed by atoms with Crippen LogP contribution in [0.2, 0.25) is 0 Å². The van der Waals surface area contributed by atoms with Gasteiger partial charge in [0.2, 0.25) is 0 Å². The van der Waals surface area contributed by atoms with E-state index >= 15 is 0 Å². The maximum absolute atomic E-state index is 13.1. The molecular formula is C20H26N2O4. The van der Waals surface area contributed by atoms with Crippen LogP contribution in [0.5, 0.6) is 0 Å². The smallest absolute Gasteiger partial charge is 0.314 e. The number of carboxylic acids is 1. The summed E-state index contributed by atoms with van der Waals surface area (Å²) in [6, 6.07) is 7.54. The van der Waals surface area contributed by atoms with E-state index in [4.69, 9.17) is 0 Å². The Bertz CT molecular complexity index is 813. The van der Waals surface area contributed by atoms with Crippen molar-refractivity contribution >= 4 is 22.8 Å². The number of rotatable bonds is 5. The van der Waals surface area contributed by atoms with Crippen molar-refractivity contribution in [1.82, 2.24) is 9.88 Å². The van der Waals surface area contributed by atoms with Crippen LogP contribution in [0.1, 0.15) is 43.5 Å². The first-order valence-corrected chi connectivity index (χ1v) is 9.12. The molecule has 6 heteroatoms. The molecule has 3 N–H and O–H groups in total. The van der Waals surface area contributed by atoms with Gasteiger partial charge in [-0.2, -0.15) is 0 Å². The summed E-state index contributed by atoms with van der Waals surface area (Å²) in [4.78, 5) is 29.8. The van der Waals surface area contributed by atoms with Crippen LogP contribution in [-0.2, 0) is 4.79 Å². The van der Waals surface area contributed by atoms with Gasteiger partial charge in [-0.05, 0) is 31.2 Å². The number of hydrogen-bond acceptors (Lipinski definition) is 3. The number of carboxylic acid groups (broad SMARTS) is 1. The predicted octanol–water partition coefficient (Wildman–Crippen LogP) is 2.88. The molecule has 1 aromatic heterocycles. The number of fused-ring (bicyclic) bond motifs is 1. The molecule has 6 nitrogen and oxygen atoms in total. The average molecular weight is 358 g/mol. The van der Waals surface area contributed by atoms with Crippen LogP contribution < -0.4 is 0 Å².